The topological polar surface area (TPSA) is 47.9 Å². The van der Waals surface area contributed by atoms with E-state index in [1.54, 1.807) is 7.11 Å². The van der Waals surface area contributed by atoms with Crippen LogP contribution in [0.5, 0.6) is 5.75 Å². The molecular formula is C14H20O4. The zero-order valence-corrected chi connectivity index (χ0v) is 10.9. The highest BCUT2D eigenvalue weighted by molar-refractivity contribution is 5.38. The van der Waals surface area contributed by atoms with E-state index < -0.39 is 5.79 Å². The van der Waals surface area contributed by atoms with Crippen LogP contribution in [-0.4, -0.2) is 32.0 Å². The van der Waals surface area contributed by atoms with Crippen LogP contribution in [0.1, 0.15) is 24.0 Å². The highest BCUT2D eigenvalue weighted by Crippen LogP contribution is 2.37. The molecule has 0 amide bonds. The molecule has 1 aliphatic heterocycles. The lowest BCUT2D eigenvalue weighted by molar-refractivity contribution is -0.172. The molecule has 0 radical (unpaired) electrons. The van der Waals surface area contributed by atoms with Crippen LogP contribution < -0.4 is 4.74 Å². The number of aryl methyl sites for hydroxylation is 1. The number of aliphatic hydroxyl groups is 1. The molecule has 4 nitrogen and oxygen atoms in total. The number of benzene rings is 1. The molecule has 0 aromatic heterocycles. The van der Waals surface area contributed by atoms with Gasteiger partial charge in [-0.25, -0.2) is 0 Å². The van der Waals surface area contributed by atoms with E-state index in [4.69, 9.17) is 19.3 Å². The Labute approximate surface area is 107 Å². The zero-order valence-electron chi connectivity index (χ0n) is 10.9. The number of hydrogen-bond donors (Lipinski definition) is 1. The van der Waals surface area contributed by atoms with Crippen LogP contribution in [0, 0.1) is 6.92 Å². The van der Waals surface area contributed by atoms with Gasteiger partial charge in [-0.05, 0) is 37.1 Å². The van der Waals surface area contributed by atoms with Crippen LogP contribution in [0.4, 0.5) is 0 Å². The lowest BCUT2D eigenvalue weighted by atomic mass is 9.98. The van der Waals surface area contributed by atoms with E-state index in [0.717, 1.165) is 16.9 Å². The van der Waals surface area contributed by atoms with E-state index in [9.17, 15) is 0 Å². The van der Waals surface area contributed by atoms with Gasteiger partial charge < -0.3 is 19.3 Å². The van der Waals surface area contributed by atoms with Gasteiger partial charge in [-0.1, -0.05) is 0 Å². The van der Waals surface area contributed by atoms with Crippen molar-refractivity contribution in [2.75, 3.05) is 26.9 Å². The first-order valence-corrected chi connectivity index (χ1v) is 6.26. The third-order valence-electron chi connectivity index (χ3n) is 3.25. The Morgan fingerprint density at radius 1 is 1.33 bits per heavy atom. The van der Waals surface area contributed by atoms with Crippen molar-refractivity contribution in [2.45, 2.75) is 25.6 Å². The van der Waals surface area contributed by atoms with E-state index >= 15 is 0 Å². The van der Waals surface area contributed by atoms with Gasteiger partial charge in [0.15, 0.2) is 5.79 Å². The summed E-state index contributed by atoms with van der Waals surface area (Å²) in [6.07, 6.45) is 1.32. The van der Waals surface area contributed by atoms with Crippen molar-refractivity contribution in [1.29, 1.82) is 0 Å². The highest BCUT2D eigenvalue weighted by atomic mass is 16.7. The molecule has 1 saturated heterocycles. The van der Waals surface area contributed by atoms with Crippen molar-refractivity contribution in [3.8, 4) is 5.75 Å². The largest absolute Gasteiger partial charge is 0.496 e. The lowest BCUT2D eigenvalue weighted by Crippen LogP contribution is -2.27. The summed E-state index contributed by atoms with van der Waals surface area (Å²) in [5, 5.41) is 8.99. The predicted octanol–water partition coefficient (Wildman–Crippen LogP) is 1.98. The molecule has 18 heavy (non-hydrogen) atoms. The summed E-state index contributed by atoms with van der Waals surface area (Å²) in [7, 11) is 1.66. The van der Waals surface area contributed by atoms with Gasteiger partial charge in [0.05, 0.1) is 20.3 Å². The van der Waals surface area contributed by atoms with E-state index in [1.165, 1.54) is 0 Å². The quantitative estimate of drug-likeness (QED) is 0.870. The number of aliphatic hydroxyl groups excluding tert-OH is 1. The van der Waals surface area contributed by atoms with E-state index in [-0.39, 0.29) is 6.61 Å². The minimum Gasteiger partial charge on any atom is -0.496 e. The molecule has 0 aliphatic carbocycles. The Hall–Kier alpha value is -1.10. The molecule has 2 rings (SSSR count). The fourth-order valence-corrected chi connectivity index (χ4v) is 2.34. The summed E-state index contributed by atoms with van der Waals surface area (Å²) >= 11 is 0. The second kappa shape index (κ2) is 5.69. The molecule has 1 fully saturated rings. The summed E-state index contributed by atoms with van der Waals surface area (Å²) in [6.45, 7) is 3.33. The van der Waals surface area contributed by atoms with Gasteiger partial charge in [-0.3, -0.25) is 0 Å². The van der Waals surface area contributed by atoms with Gasteiger partial charge >= 0.3 is 0 Å². The maximum absolute atomic E-state index is 8.99. The molecule has 1 aliphatic rings. The normalized spacial score (nSPS) is 17.9. The first-order chi connectivity index (χ1) is 8.72. The fourth-order valence-electron chi connectivity index (χ4n) is 2.34. The van der Waals surface area contributed by atoms with Gasteiger partial charge in [0, 0.05) is 18.6 Å². The Morgan fingerprint density at radius 2 is 2.06 bits per heavy atom. The standard InChI is InChI=1S/C14H20O4/c1-11-10-12(4-5-13(11)16-2)14(6-3-7-15)17-8-9-18-14/h4-5,10,15H,3,6-9H2,1-2H3. The number of hydrogen-bond acceptors (Lipinski definition) is 4. The monoisotopic (exact) mass is 252 g/mol. The van der Waals surface area contributed by atoms with Gasteiger partial charge in [0.1, 0.15) is 5.75 Å². The Balaban J connectivity index is 2.28. The Kier molecular flexibility index (Phi) is 4.22. The van der Waals surface area contributed by atoms with Gasteiger partial charge in [0.25, 0.3) is 0 Å². The van der Waals surface area contributed by atoms with Crippen LogP contribution in [0.15, 0.2) is 18.2 Å². The summed E-state index contributed by atoms with van der Waals surface area (Å²) in [6, 6.07) is 5.92. The summed E-state index contributed by atoms with van der Waals surface area (Å²) in [4.78, 5) is 0. The van der Waals surface area contributed by atoms with Crippen LogP contribution in [0.3, 0.4) is 0 Å². The van der Waals surface area contributed by atoms with Crippen molar-refractivity contribution in [1.82, 2.24) is 0 Å². The van der Waals surface area contributed by atoms with Crippen LogP contribution in [0.2, 0.25) is 0 Å². The van der Waals surface area contributed by atoms with E-state index in [2.05, 4.69) is 0 Å². The molecule has 0 saturated carbocycles. The van der Waals surface area contributed by atoms with Crippen molar-refractivity contribution < 1.29 is 19.3 Å². The van der Waals surface area contributed by atoms with Gasteiger partial charge in [0.2, 0.25) is 0 Å². The lowest BCUT2D eigenvalue weighted by Gasteiger charge is -2.28. The van der Waals surface area contributed by atoms with Gasteiger partial charge in [-0.2, -0.15) is 0 Å². The SMILES string of the molecule is COc1ccc(C2(CCCO)OCCO2)cc1C. The van der Waals surface area contributed by atoms with Crippen molar-refractivity contribution in [3.63, 3.8) is 0 Å². The molecule has 0 bridgehead atoms. The molecule has 0 spiro atoms. The number of ether oxygens (including phenoxy) is 3. The minimum absolute atomic E-state index is 0.142. The minimum atomic E-state index is -0.695. The molecule has 1 aromatic carbocycles. The zero-order chi connectivity index (χ0) is 13.0. The molecule has 1 heterocycles. The Bertz CT molecular complexity index is 397. The predicted molar refractivity (Wildman–Crippen MR) is 67.6 cm³/mol. The molecular weight excluding hydrogens is 232 g/mol. The molecule has 1 aromatic rings. The second-order valence-corrected chi connectivity index (χ2v) is 4.46. The third-order valence-corrected chi connectivity index (χ3v) is 3.25. The van der Waals surface area contributed by atoms with Crippen LogP contribution in [0.25, 0.3) is 0 Å². The van der Waals surface area contributed by atoms with Crippen molar-refractivity contribution in [2.24, 2.45) is 0 Å². The van der Waals surface area contributed by atoms with E-state index in [1.807, 2.05) is 25.1 Å². The van der Waals surface area contributed by atoms with Crippen LogP contribution >= 0.6 is 0 Å². The van der Waals surface area contributed by atoms with Gasteiger partial charge in [-0.15, -0.1) is 0 Å². The number of rotatable bonds is 5. The van der Waals surface area contributed by atoms with E-state index in [0.29, 0.717) is 26.1 Å². The third kappa shape index (κ3) is 2.51. The molecule has 0 unspecified atom stereocenters. The van der Waals surface area contributed by atoms with Crippen LogP contribution in [-0.2, 0) is 15.3 Å². The molecule has 1 N–H and O–H groups in total. The first kappa shape index (κ1) is 13.3. The highest BCUT2D eigenvalue weighted by Gasteiger charge is 2.38. The maximum Gasteiger partial charge on any atom is 0.195 e. The van der Waals surface area contributed by atoms with Crippen molar-refractivity contribution >= 4 is 0 Å². The average Bonchev–Trinajstić information content (AvgIpc) is 2.86. The second-order valence-electron chi connectivity index (χ2n) is 4.46. The molecule has 4 heteroatoms. The van der Waals surface area contributed by atoms with Crippen molar-refractivity contribution in [3.05, 3.63) is 29.3 Å². The summed E-state index contributed by atoms with van der Waals surface area (Å²) in [5.41, 5.74) is 2.05. The first-order valence-electron chi connectivity index (χ1n) is 6.26. The Morgan fingerprint density at radius 3 is 2.61 bits per heavy atom. The smallest absolute Gasteiger partial charge is 0.195 e. The molecule has 0 atom stereocenters. The number of methoxy groups -OCH3 is 1. The molecule has 100 valence electrons. The average molecular weight is 252 g/mol. The summed E-state index contributed by atoms with van der Waals surface area (Å²) < 4.78 is 16.8. The maximum atomic E-state index is 8.99. The summed E-state index contributed by atoms with van der Waals surface area (Å²) in [5.74, 6) is 0.161. The fraction of sp³-hybridized carbons (Fsp3) is 0.571.